The van der Waals surface area contributed by atoms with Crippen LogP contribution in [-0.2, 0) is 0 Å². The van der Waals surface area contributed by atoms with Crippen LogP contribution < -0.4 is 5.63 Å². The summed E-state index contributed by atoms with van der Waals surface area (Å²) in [7, 11) is 0. The van der Waals surface area contributed by atoms with Crippen LogP contribution >= 0.6 is 0 Å². The maximum absolute atomic E-state index is 14.0. The molecule has 0 fully saturated rings. The van der Waals surface area contributed by atoms with E-state index in [9.17, 15) is 4.79 Å². The van der Waals surface area contributed by atoms with E-state index in [0.717, 1.165) is 94.0 Å². The summed E-state index contributed by atoms with van der Waals surface area (Å²) in [6.45, 7) is 0. The number of hydrogen-bond acceptors (Lipinski definition) is 3. The number of para-hydroxylation sites is 2. The highest BCUT2D eigenvalue weighted by Gasteiger charge is 2.18. The van der Waals surface area contributed by atoms with E-state index in [2.05, 4.69) is 193 Å². The minimum atomic E-state index is -0.370. The van der Waals surface area contributed by atoms with Gasteiger partial charge >= 0.3 is 5.63 Å². The summed E-state index contributed by atoms with van der Waals surface area (Å²) in [6.07, 6.45) is 0. The molecule has 0 saturated heterocycles. The predicted octanol–water partition coefficient (Wildman–Crippen LogP) is 16.3. The zero-order chi connectivity index (χ0) is 43.0. The normalized spacial score (nSPS) is 11.8. The standard InChI is InChI=1S/C61H37NO3/c63-61-53-36-43(24-27-49(53)51-28-23-42(37-59(51)65-61)46-32-44(38-13-4-1-5-14-38)31-45(33-46)39-15-6-2-7-16-39)48-20-12-22-58-60(48)54-35-41(26-30-57(54)64-58)40-25-29-56-52(34-40)50-19-10-11-21-55(50)62(56)47-17-8-3-9-18-47/h1-37H. The number of rotatable bonds is 6. The number of aromatic nitrogens is 1. The molecular weight excluding hydrogens is 795 g/mol. The van der Waals surface area contributed by atoms with E-state index in [1.54, 1.807) is 0 Å². The molecule has 0 saturated carbocycles. The molecule has 3 aromatic heterocycles. The van der Waals surface area contributed by atoms with Gasteiger partial charge < -0.3 is 13.4 Å². The molecule has 304 valence electrons. The molecule has 10 aromatic carbocycles. The van der Waals surface area contributed by atoms with Crippen molar-refractivity contribution in [2.24, 2.45) is 0 Å². The average Bonchev–Trinajstić information content (AvgIpc) is 3.92. The zero-order valence-electron chi connectivity index (χ0n) is 35.0. The van der Waals surface area contributed by atoms with Gasteiger partial charge in [-0.1, -0.05) is 140 Å². The lowest BCUT2D eigenvalue weighted by molar-refractivity contribution is 0.570. The van der Waals surface area contributed by atoms with Crippen molar-refractivity contribution in [2.75, 3.05) is 0 Å². The van der Waals surface area contributed by atoms with Gasteiger partial charge in [-0.15, -0.1) is 0 Å². The fraction of sp³-hybridized carbons (Fsp3) is 0. The van der Waals surface area contributed by atoms with Gasteiger partial charge in [0.15, 0.2) is 0 Å². The van der Waals surface area contributed by atoms with Crippen LogP contribution in [0, 0.1) is 0 Å². The van der Waals surface area contributed by atoms with E-state index >= 15 is 0 Å². The van der Waals surface area contributed by atoms with Crippen LogP contribution in [0.15, 0.2) is 238 Å². The number of hydrogen-bond donors (Lipinski definition) is 0. The van der Waals surface area contributed by atoms with Gasteiger partial charge in [-0.05, 0) is 146 Å². The van der Waals surface area contributed by atoms with Crippen molar-refractivity contribution >= 4 is 65.5 Å². The molecule has 0 amide bonds. The van der Waals surface area contributed by atoms with Crippen LogP contribution in [0.2, 0.25) is 0 Å². The second kappa shape index (κ2) is 14.7. The van der Waals surface area contributed by atoms with Gasteiger partial charge in [0.2, 0.25) is 0 Å². The van der Waals surface area contributed by atoms with Crippen LogP contribution in [0.4, 0.5) is 0 Å². The quantitative estimate of drug-likeness (QED) is 0.124. The molecule has 0 aliphatic rings. The van der Waals surface area contributed by atoms with Crippen LogP contribution in [0.3, 0.4) is 0 Å². The van der Waals surface area contributed by atoms with Gasteiger partial charge in [-0.2, -0.15) is 0 Å². The summed E-state index contributed by atoms with van der Waals surface area (Å²) in [6, 6.07) is 78.3. The van der Waals surface area contributed by atoms with Gasteiger partial charge in [0.1, 0.15) is 16.7 Å². The number of benzene rings is 10. The van der Waals surface area contributed by atoms with Crippen LogP contribution in [-0.4, -0.2) is 4.57 Å². The highest BCUT2D eigenvalue weighted by Crippen LogP contribution is 2.42. The molecule has 3 heterocycles. The minimum absolute atomic E-state index is 0.370. The second-order valence-corrected chi connectivity index (χ2v) is 16.8. The van der Waals surface area contributed by atoms with Gasteiger partial charge in [-0.25, -0.2) is 4.79 Å². The molecule has 0 unspecified atom stereocenters. The van der Waals surface area contributed by atoms with E-state index < -0.39 is 0 Å². The molecule has 0 aliphatic carbocycles. The Morgan fingerprint density at radius 1 is 0.292 bits per heavy atom. The van der Waals surface area contributed by atoms with Crippen LogP contribution in [0.25, 0.3) is 127 Å². The summed E-state index contributed by atoms with van der Waals surface area (Å²) in [5.41, 5.74) is 15.9. The smallest absolute Gasteiger partial charge is 0.344 e. The van der Waals surface area contributed by atoms with Crippen molar-refractivity contribution in [3.8, 4) is 61.3 Å². The third-order valence-electron chi connectivity index (χ3n) is 13.0. The fourth-order valence-electron chi connectivity index (χ4n) is 9.92. The Morgan fingerprint density at radius 2 is 0.862 bits per heavy atom. The lowest BCUT2D eigenvalue weighted by Gasteiger charge is -2.12. The molecule has 0 N–H and O–H groups in total. The maximum Gasteiger partial charge on any atom is 0.344 e. The highest BCUT2D eigenvalue weighted by atomic mass is 16.4. The Bertz CT molecular complexity index is 4010. The zero-order valence-corrected chi connectivity index (χ0v) is 35.0. The summed E-state index contributed by atoms with van der Waals surface area (Å²) < 4.78 is 15.0. The molecule has 65 heavy (non-hydrogen) atoms. The maximum atomic E-state index is 14.0. The van der Waals surface area contributed by atoms with Crippen LogP contribution in [0.5, 0.6) is 0 Å². The molecular formula is C61H37NO3. The lowest BCUT2D eigenvalue weighted by Crippen LogP contribution is -2.00. The van der Waals surface area contributed by atoms with Gasteiger partial charge in [-0.3, -0.25) is 0 Å². The van der Waals surface area contributed by atoms with E-state index in [-0.39, 0.29) is 5.63 Å². The summed E-state index contributed by atoms with van der Waals surface area (Å²) in [5.74, 6) is 0. The Morgan fingerprint density at radius 3 is 1.62 bits per heavy atom. The Labute approximate surface area is 373 Å². The molecule has 0 aliphatic heterocycles. The van der Waals surface area contributed by atoms with Crippen molar-refractivity contribution in [1.82, 2.24) is 4.57 Å². The van der Waals surface area contributed by atoms with E-state index in [1.807, 2.05) is 36.4 Å². The third-order valence-corrected chi connectivity index (χ3v) is 13.0. The first-order chi connectivity index (χ1) is 32.1. The molecule has 13 aromatic rings. The second-order valence-electron chi connectivity index (χ2n) is 16.8. The van der Waals surface area contributed by atoms with E-state index in [0.29, 0.717) is 11.0 Å². The van der Waals surface area contributed by atoms with Crippen molar-refractivity contribution in [2.45, 2.75) is 0 Å². The molecule has 0 atom stereocenters. The predicted molar refractivity (Wildman–Crippen MR) is 269 cm³/mol. The molecule has 13 rings (SSSR count). The Hall–Kier alpha value is -8.73. The Balaban J connectivity index is 0.904. The summed E-state index contributed by atoms with van der Waals surface area (Å²) in [4.78, 5) is 14.0. The van der Waals surface area contributed by atoms with E-state index in [4.69, 9.17) is 8.83 Å². The average molecular weight is 832 g/mol. The molecule has 0 radical (unpaired) electrons. The third kappa shape index (κ3) is 6.11. The van der Waals surface area contributed by atoms with Gasteiger partial charge in [0, 0.05) is 32.6 Å². The first-order valence-electron chi connectivity index (χ1n) is 21.9. The summed E-state index contributed by atoms with van der Waals surface area (Å²) in [5, 5.41) is 6.72. The monoisotopic (exact) mass is 831 g/mol. The molecule has 4 nitrogen and oxygen atoms in total. The molecule has 0 spiro atoms. The molecule has 0 bridgehead atoms. The highest BCUT2D eigenvalue weighted by molar-refractivity contribution is 6.15. The Kier molecular flexibility index (Phi) is 8.33. The van der Waals surface area contributed by atoms with Crippen molar-refractivity contribution in [3.05, 3.63) is 235 Å². The van der Waals surface area contributed by atoms with Crippen molar-refractivity contribution < 1.29 is 8.83 Å². The summed E-state index contributed by atoms with van der Waals surface area (Å²) >= 11 is 0. The minimum Gasteiger partial charge on any atom is -0.456 e. The number of fused-ring (bicyclic) bond motifs is 9. The molecule has 4 heteroatoms. The van der Waals surface area contributed by atoms with Crippen molar-refractivity contribution in [3.63, 3.8) is 0 Å². The van der Waals surface area contributed by atoms with Crippen LogP contribution in [0.1, 0.15) is 0 Å². The largest absolute Gasteiger partial charge is 0.456 e. The lowest BCUT2D eigenvalue weighted by atomic mass is 9.92. The fourth-order valence-corrected chi connectivity index (χ4v) is 9.92. The first-order valence-corrected chi connectivity index (χ1v) is 21.9. The van der Waals surface area contributed by atoms with Crippen molar-refractivity contribution in [1.29, 1.82) is 0 Å². The van der Waals surface area contributed by atoms with Gasteiger partial charge in [0.25, 0.3) is 0 Å². The van der Waals surface area contributed by atoms with E-state index in [1.165, 1.54) is 21.8 Å². The number of nitrogens with zero attached hydrogens (tertiary/aromatic N) is 1. The number of furan rings is 1. The topological polar surface area (TPSA) is 48.3 Å². The van der Waals surface area contributed by atoms with Gasteiger partial charge in [0.05, 0.1) is 16.4 Å². The first kappa shape index (κ1) is 36.9. The SMILES string of the molecule is O=c1oc2cc(-c3cc(-c4ccccc4)cc(-c4ccccc4)c3)ccc2c2ccc(-c3cccc4oc5ccc(-c6ccc7c(c6)c6ccccc6n7-c6ccccc6)cc5c34)cc12.